The zero-order valence-electron chi connectivity index (χ0n) is 15.0. The Labute approximate surface area is 175 Å². The van der Waals surface area contributed by atoms with E-state index in [1.165, 1.54) is 24.5 Å². The highest BCUT2D eigenvalue weighted by Crippen LogP contribution is 2.25. The van der Waals surface area contributed by atoms with Crippen LogP contribution in [0.4, 0.5) is 5.69 Å². The minimum absolute atomic E-state index is 0.135. The van der Waals surface area contributed by atoms with Crippen LogP contribution >= 0.6 is 27.3 Å². The van der Waals surface area contributed by atoms with Gasteiger partial charge in [0.15, 0.2) is 0 Å². The van der Waals surface area contributed by atoms with Gasteiger partial charge in [0.2, 0.25) is 17.7 Å². The first kappa shape index (κ1) is 20.0. The molecule has 0 spiro atoms. The second kappa shape index (κ2) is 9.48. The van der Waals surface area contributed by atoms with E-state index in [1.807, 2.05) is 41.8 Å². The monoisotopic (exact) mass is 459 g/mol. The van der Waals surface area contributed by atoms with E-state index in [0.717, 1.165) is 9.35 Å². The summed E-state index contributed by atoms with van der Waals surface area (Å²) in [6, 6.07) is 14.3. The summed E-state index contributed by atoms with van der Waals surface area (Å²) in [5.41, 5.74) is 0.555. The lowest BCUT2D eigenvalue weighted by atomic mass is 10.1. The summed E-state index contributed by atoms with van der Waals surface area (Å²) < 4.78 is 6.59. The quantitative estimate of drug-likeness (QED) is 0.526. The van der Waals surface area contributed by atoms with Crippen LogP contribution < -0.4 is 15.4 Å². The Morgan fingerprint density at radius 2 is 2.07 bits per heavy atom. The van der Waals surface area contributed by atoms with Gasteiger partial charge >= 0.3 is 0 Å². The third-order valence-corrected chi connectivity index (χ3v) is 5.17. The van der Waals surface area contributed by atoms with Crippen molar-refractivity contribution >= 4 is 44.8 Å². The number of halogens is 1. The van der Waals surface area contributed by atoms with E-state index in [4.69, 9.17) is 4.74 Å². The maximum absolute atomic E-state index is 12.4. The van der Waals surface area contributed by atoms with Crippen molar-refractivity contribution in [1.82, 2.24) is 10.3 Å². The number of aromatic nitrogens is 1. The molecule has 0 fully saturated rings. The highest BCUT2D eigenvalue weighted by atomic mass is 79.9. The van der Waals surface area contributed by atoms with E-state index in [9.17, 15) is 9.59 Å². The molecule has 2 aromatic heterocycles. The molecule has 28 heavy (non-hydrogen) atoms. The van der Waals surface area contributed by atoms with Crippen LogP contribution in [-0.4, -0.2) is 16.8 Å². The fourth-order valence-corrected chi connectivity index (χ4v) is 3.68. The average molecular weight is 460 g/mol. The summed E-state index contributed by atoms with van der Waals surface area (Å²) in [6.45, 7) is 1.44. The minimum Gasteiger partial charge on any atom is -0.439 e. The van der Waals surface area contributed by atoms with Crippen LogP contribution in [0.1, 0.15) is 24.3 Å². The molecule has 2 N–H and O–H groups in total. The van der Waals surface area contributed by atoms with Crippen LogP contribution in [0.3, 0.4) is 0 Å². The Hall–Kier alpha value is -2.71. The smallest absolute Gasteiger partial charge is 0.226 e. The molecule has 6 nitrogen and oxygen atoms in total. The summed E-state index contributed by atoms with van der Waals surface area (Å²) >= 11 is 4.89. The van der Waals surface area contributed by atoms with Gasteiger partial charge in [-0.1, -0.05) is 28.1 Å². The van der Waals surface area contributed by atoms with Crippen molar-refractivity contribution in [2.45, 2.75) is 19.4 Å². The van der Waals surface area contributed by atoms with Crippen LogP contribution in [0.5, 0.6) is 11.6 Å². The molecule has 2 heterocycles. The molecule has 144 valence electrons. The Kier molecular flexibility index (Phi) is 6.78. The lowest BCUT2D eigenvalue weighted by Gasteiger charge is -2.16. The van der Waals surface area contributed by atoms with Gasteiger partial charge in [0.05, 0.1) is 24.3 Å². The Morgan fingerprint density at radius 1 is 1.21 bits per heavy atom. The zero-order chi connectivity index (χ0) is 19.9. The number of pyridine rings is 1. The summed E-state index contributed by atoms with van der Waals surface area (Å²) in [6.07, 6.45) is 1.67. The number of carbonyl (C=O) groups is 2. The summed E-state index contributed by atoms with van der Waals surface area (Å²) in [5, 5.41) is 7.52. The van der Waals surface area contributed by atoms with E-state index in [0.29, 0.717) is 17.3 Å². The van der Waals surface area contributed by atoms with Crippen LogP contribution in [-0.2, 0) is 9.59 Å². The van der Waals surface area contributed by atoms with E-state index >= 15 is 0 Å². The number of carbonyl (C=O) groups excluding carboxylic acids is 2. The lowest BCUT2D eigenvalue weighted by Crippen LogP contribution is -2.29. The standard InChI is InChI=1S/C20H18BrN3O3S/c1-13(25)23-17(18-6-3-9-28-18)11-19(26)24-15-7-8-20(22-12-15)27-16-5-2-4-14(21)10-16/h2-10,12,17H,11H2,1H3,(H,23,25)(H,24,26). The number of hydrogen-bond donors (Lipinski definition) is 2. The molecule has 0 aliphatic rings. The molecule has 3 rings (SSSR count). The van der Waals surface area contributed by atoms with Crippen LogP contribution in [0.2, 0.25) is 0 Å². The molecular weight excluding hydrogens is 442 g/mol. The van der Waals surface area contributed by atoms with Gasteiger partial charge in [-0.25, -0.2) is 4.98 Å². The van der Waals surface area contributed by atoms with Crippen molar-refractivity contribution < 1.29 is 14.3 Å². The molecule has 8 heteroatoms. The number of thiophene rings is 1. The molecule has 0 bridgehead atoms. The normalized spacial score (nSPS) is 11.5. The highest BCUT2D eigenvalue weighted by molar-refractivity contribution is 9.10. The van der Waals surface area contributed by atoms with Gasteiger partial charge in [0.1, 0.15) is 5.75 Å². The minimum atomic E-state index is -0.357. The lowest BCUT2D eigenvalue weighted by molar-refractivity contribution is -0.120. The second-order valence-electron chi connectivity index (χ2n) is 5.97. The van der Waals surface area contributed by atoms with Gasteiger partial charge < -0.3 is 15.4 Å². The third-order valence-electron chi connectivity index (χ3n) is 3.69. The molecule has 1 aromatic carbocycles. The summed E-state index contributed by atoms with van der Waals surface area (Å²) in [7, 11) is 0. The Morgan fingerprint density at radius 3 is 2.71 bits per heavy atom. The van der Waals surface area contributed by atoms with Gasteiger partial charge in [0.25, 0.3) is 0 Å². The van der Waals surface area contributed by atoms with E-state index in [2.05, 4.69) is 31.5 Å². The maximum atomic E-state index is 12.4. The van der Waals surface area contributed by atoms with Crippen LogP contribution in [0.25, 0.3) is 0 Å². The highest BCUT2D eigenvalue weighted by Gasteiger charge is 2.18. The largest absolute Gasteiger partial charge is 0.439 e. The Balaban J connectivity index is 1.59. The topological polar surface area (TPSA) is 80.3 Å². The first-order valence-electron chi connectivity index (χ1n) is 8.49. The molecule has 3 aromatic rings. The van der Waals surface area contributed by atoms with Crippen LogP contribution in [0.15, 0.2) is 64.6 Å². The van der Waals surface area contributed by atoms with Crippen molar-refractivity contribution in [3.05, 3.63) is 69.5 Å². The summed E-state index contributed by atoms with van der Waals surface area (Å²) in [5.74, 6) is 0.690. The van der Waals surface area contributed by atoms with Crippen LogP contribution in [0, 0.1) is 0 Å². The number of nitrogens with one attached hydrogen (secondary N) is 2. The van der Waals surface area contributed by atoms with Gasteiger partial charge in [-0.15, -0.1) is 11.3 Å². The Bertz CT molecular complexity index is 946. The molecule has 0 aliphatic carbocycles. The number of anilines is 1. The second-order valence-corrected chi connectivity index (χ2v) is 7.86. The molecule has 0 saturated heterocycles. The molecule has 0 saturated carbocycles. The van der Waals surface area contributed by atoms with E-state index < -0.39 is 0 Å². The maximum Gasteiger partial charge on any atom is 0.226 e. The fraction of sp³-hybridized carbons (Fsp3) is 0.150. The van der Waals surface area contributed by atoms with Crippen molar-refractivity contribution in [3.63, 3.8) is 0 Å². The van der Waals surface area contributed by atoms with Gasteiger partial charge in [-0.2, -0.15) is 0 Å². The first-order valence-corrected chi connectivity index (χ1v) is 10.2. The predicted octanol–water partition coefficient (Wildman–Crippen LogP) is 4.90. The van der Waals surface area contributed by atoms with Gasteiger partial charge in [-0.3, -0.25) is 9.59 Å². The molecule has 1 unspecified atom stereocenters. The number of benzene rings is 1. The SMILES string of the molecule is CC(=O)NC(CC(=O)Nc1ccc(Oc2cccc(Br)c2)nc1)c1cccs1. The molecule has 2 amide bonds. The predicted molar refractivity (Wildman–Crippen MR) is 113 cm³/mol. The number of amides is 2. The van der Waals surface area contributed by atoms with E-state index in [-0.39, 0.29) is 24.3 Å². The number of ether oxygens (including phenoxy) is 1. The number of rotatable bonds is 7. The number of hydrogen-bond acceptors (Lipinski definition) is 5. The molecule has 0 radical (unpaired) electrons. The molecule has 0 aliphatic heterocycles. The van der Waals surface area contributed by atoms with Crippen molar-refractivity contribution in [2.75, 3.05) is 5.32 Å². The fourth-order valence-electron chi connectivity index (χ4n) is 2.52. The van der Waals surface area contributed by atoms with Crippen molar-refractivity contribution in [3.8, 4) is 11.6 Å². The van der Waals surface area contributed by atoms with Gasteiger partial charge in [-0.05, 0) is 35.7 Å². The van der Waals surface area contributed by atoms with Crippen molar-refractivity contribution in [2.24, 2.45) is 0 Å². The van der Waals surface area contributed by atoms with Gasteiger partial charge in [0, 0.05) is 22.3 Å². The zero-order valence-corrected chi connectivity index (χ0v) is 17.4. The van der Waals surface area contributed by atoms with Crippen molar-refractivity contribution in [1.29, 1.82) is 0 Å². The molecular formula is C20H18BrN3O3S. The number of nitrogens with zero attached hydrogens (tertiary/aromatic N) is 1. The molecule has 1 atom stereocenters. The third kappa shape index (κ3) is 5.90. The summed E-state index contributed by atoms with van der Waals surface area (Å²) in [4.78, 5) is 29.0. The first-order chi connectivity index (χ1) is 13.5. The average Bonchev–Trinajstić information content (AvgIpc) is 3.17. The van der Waals surface area contributed by atoms with E-state index in [1.54, 1.807) is 12.1 Å².